The Kier molecular flexibility index (Phi) is 5.45. The van der Waals surface area contributed by atoms with E-state index in [9.17, 15) is 9.90 Å². The summed E-state index contributed by atoms with van der Waals surface area (Å²) in [6.45, 7) is 1.79. The molecule has 1 fully saturated rings. The zero-order valence-corrected chi connectivity index (χ0v) is 10.5. The molecule has 1 saturated heterocycles. The first-order valence-electron chi connectivity index (χ1n) is 5.81. The molecule has 3 nitrogen and oxygen atoms in total. The minimum Gasteiger partial charge on any atom is -0.480 e. The molecule has 0 bridgehead atoms. The van der Waals surface area contributed by atoms with Crippen molar-refractivity contribution in [3.05, 3.63) is 35.9 Å². The molecular weight excluding hydrogens is 238 g/mol. The van der Waals surface area contributed by atoms with Crippen LogP contribution in [0.1, 0.15) is 30.9 Å². The fourth-order valence-corrected chi connectivity index (χ4v) is 2.32. The largest absolute Gasteiger partial charge is 0.480 e. The van der Waals surface area contributed by atoms with Crippen LogP contribution in [0.2, 0.25) is 0 Å². The molecule has 2 rings (SSSR count). The van der Waals surface area contributed by atoms with Crippen molar-refractivity contribution < 1.29 is 9.90 Å². The van der Waals surface area contributed by atoms with Gasteiger partial charge in [-0.05, 0) is 31.5 Å². The highest BCUT2D eigenvalue weighted by Gasteiger charge is 2.27. The third kappa shape index (κ3) is 3.45. The summed E-state index contributed by atoms with van der Waals surface area (Å²) in [7, 11) is 0. The molecule has 0 saturated carbocycles. The molecule has 0 aliphatic carbocycles. The molecule has 0 amide bonds. The zero-order chi connectivity index (χ0) is 11.4. The molecule has 17 heavy (non-hydrogen) atoms. The summed E-state index contributed by atoms with van der Waals surface area (Å²) in [4.78, 5) is 13.4. The number of hydrogen-bond donors (Lipinski definition) is 1. The number of piperidine rings is 1. The molecule has 0 unspecified atom stereocenters. The van der Waals surface area contributed by atoms with Gasteiger partial charge in [-0.25, -0.2) is 0 Å². The van der Waals surface area contributed by atoms with E-state index in [1.807, 2.05) is 30.3 Å². The van der Waals surface area contributed by atoms with Crippen LogP contribution >= 0.6 is 12.4 Å². The first kappa shape index (κ1) is 14.0. The lowest BCUT2D eigenvalue weighted by Gasteiger charge is -2.32. The van der Waals surface area contributed by atoms with Crippen molar-refractivity contribution in [1.29, 1.82) is 0 Å². The Morgan fingerprint density at radius 2 is 1.71 bits per heavy atom. The number of likely N-dealkylation sites (tertiary alicyclic amines) is 1. The molecule has 1 aliphatic rings. The first-order chi connectivity index (χ1) is 7.79. The van der Waals surface area contributed by atoms with E-state index in [-0.39, 0.29) is 12.4 Å². The number of carbonyl (C=O) groups is 1. The topological polar surface area (TPSA) is 40.5 Å². The quantitative estimate of drug-likeness (QED) is 0.903. The summed E-state index contributed by atoms with van der Waals surface area (Å²) in [5.41, 5.74) is 0.886. The predicted molar refractivity (Wildman–Crippen MR) is 69.5 cm³/mol. The number of carboxylic acid groups (broad SMARTS) is 1. The Morgan fingerprint density at radius 3 is 2.24 bits per heavy atom. The Hall–Kier alpha value is -1.06. The van der Waals surface area contributed by atoms with Gasteiger partial charge in [0, 0.05) is 0 Å². The third-order valence-corrected chi connectivity index (χ3v) is 3.11. The Morgan fingerprint density at radius 1 is 1.12 bits per heavy atom. The van der Waals surface area contributed by atoms with E-state index in [0.717, 1.165) is 31.5 Å². The summed E-state index contributed by atoms with van der Waals surface area (Å²) < 4.78 is 0. The molecule has 1 N–H and O–H groups in total. The van der Waals surface area contributed by atoms with Gasteiger partial charge in [0.2, 0.25) is 0 Å². The highest BCUT2D eigenvalue weighted by Crippen LogP contribution is 2.24. The van der Waals surface area contributed by atoms with E-state index in [2.05, 4.69) is 4.90 Å². The summed E-state index contributed by atoms with van der Waals surface area (Å²) in [6, 6.07) is 9.03. The lowest BCUT2D eigenvalue weighted by Crippen LogP contribution is -2.37. The summed E-state index contributed by atoms with van der Waals surface area (Å²) in [5.74, 6) is -0.742. The number of rotatable bonds is 3. The molecule has 1 aromatic rings. The van der Waals surface area contributed by atoms with Crippen LogP contribution in [0.15, 0.2) is 30.3 Å². The summed E-state index contributed by atoms with van der Waals surface area (Å²) in [6.07, 6.45) is 3.44. The van der Waals surface area contributed by atoms with Gasteiger partial charge in [-0.3, -0.25) is 9.69 Å². The highest BCUT2D eigenvalue weighted by atomic mass is 35.5. The van der Waals surface area contributed by atoms with Gasteiger partial charge < -0.3 is 5.11 Å². The van der Waals surface area contributed by atoms with Crippen LogP contribution in [0.3, 0.4) is 0 Å². The molecule has 0 aromatic heterocycles. The van der Waals surface area contributed by atoms with E-state index in [1.165, 1.54) is 6.42 Å². The van der Waals surface area contributed by atoms with Crippen molar-refractivity contribution in [1.82, 2.24) is 4.90 Å². The Bertz CT molecular complexity index is 350. The van der Waals surface area contributed by atoms with Crippen molar-refractivity contribution in [2.24, 2.45) is 0 Å². The van der Waals surface area contributed by atoms with E-state index >= 15 is 0 Å². The second kappa shape index (κ2) is 6.62. The third-order valence-electron chi connectivity index (χ3n) is 3.11. The van der Waals surface area contributed by atoms with Gasteiger partial charge in [-0.2, -0.15) is 0 Å². The van der Waals surface area contributed by atoms with Crippen LogP contribution in [-0.4, -0.2) is 29.1 Å². The van der Waals surface area contributed by atoms with Crippen molar-refractivity contribution in [3.63, 3.8) is 0 Å². The van der Waals surface area contributed by atoms with Crippen molar-refractivity contribution in [2.45, 2.75) is 25.3 Å². The van der Waals surface area contributed by atoms with Crippen LogP contribution in [0.4, 0.5) is 0 Å². The smallest absolute Gasteiger partial charge is 0.325 e. The summed E-state index contributed by atoms with van der Waals surface area (Å²) >= 11 is 0. The van der Waals surface area contributed by atoms with Crippen molar-refractivity contribution in [2.75, 3.05) is 13.1 Å². The molecule has 94 valence electrons. The van der Waals surface area contributed by atoms with Crippen LogP contribution in [-0.2, 0) is 4.79 Å². The SMILES string of the molecule is Cl.O=C(O)[C@@H](c1ccccc1)N1CCCCC1. The van der Waals surface area contributed by atoms with Gasteiger partial charge in [0.1, 0.15) is 6.04 Å². The van der Waals surface area contributed by atoms with Gasteiger partial charge in [0.25, 0.3) is 0 Å². The monoisotopic (exact) mass is 255 g/mol. The fourth-order valence-electron chi connectivity index (χ4n) is 2.32. The van der Waals surface area contributed by atoms with Gasteiger partial charge in [0.05, 0.1) is 0 Å². The number of benzene rings is 1. The first-order valence-corrected chi connectivity index (χ1v) is 5.81. The maximum atomic E-state index is 11.4. The van der Waals surface area contributed by atoms with Gasteiger partial charge in [-0.1, -0.05) is 36.8 Å². The van der Waals surface area contributed by atoms with E-state index in [4.69, 9.17) is 0 Å². The lowest BCUT2D eigenvalue weighted by atomic mass is 10.0. The van der Waals surface area contributed by atoms with Crippen LogP contribution in [0.5, 0.6) is 0 Å². The predicted octanol–water partition coefficient (Wildman–Crippen LogP) is 2.72. The molecule has 1 aromatic carbocycles. The maximum absolute atomic E-state index is 11.4. The number of aliphatic carboxylic acids is 1. The van der Waals surface area contributed by atoms with Gasteiger partial charge in [-0.15, -0.1) is 12.4 Å². The Balaban J connectivity index is 0.00000144. The standard InChI is InChI=1S/C13H17NO2.ClH/c15-13(16)12(11-7-3-1-4-8-11)14-9-5-2-6-10-14;/h1,3-4,7-8,12H,2,5-6,9-10H2,(H,15,16);1H/t12-;/m1./s1. The molecule has 1 heterocycles. The van der Waals surface area contributed by atoms with Crippen LogP contribution < -0.4 is 0 Å². The number of nitrogens with zero attached hydrogens (tertiary/aromatic N) is 1. The lowest BCUT2D eigenvalue weighted by molar-refractivity contribution is -0.144. The van der Waals surface area contributed by atoms with Gasteiger partial charge >= 0.3 is 5.97 Å². The minimum absolute atomic E-state index is 0. The highest BCUT2D eigenvalue weighted by molar-refractivity contribution is 5.85. The Labute approximate surface area is 108 Å². The van der Waals surface area contributed by atoms with Crippen LogP contribution in [0.25, 0.3) is 0 Å². The fraction of sp³-hybridized carbons (Fsp3) is 0.462. The van der Waals surface area contributed by atoms with Crippen molar-refractivity contribution >= 4 is 18.4 Å². The van der Waals surface area contributed by atoms with Gasteiger partial charge in [0.15, 0.2) is 0 Å². The molecule has 1 atom stereocenters. The molecule has 0 spiro atoms. The molecule has 4 heteroatoms. The van der Waals surface area contributed by atoms with Crippen molar-refractivity contribution in [3.8, 4) is 0 Å². The average Bonchev–Trinajstić information content (AvgIpc) is 2.31. The average molecular weight is 256 g/mol. The normalized spacial score (nSPS) is 18.1. The maximum Gasteiger partial charge on any atom is 0.325 e. The summed E-state index contributed by atoms with van der Waals surface area (Å²) in [5, 5.41) is 9.34. The van der Waals surface area contributed by atoms with E-state index in [0.29, 0.717) is 0 Å². The number of carboxylic acids is 1. The number of halogens is 1. The second-order valence-corrected chi connectivity index (χ2v) is 4.25. The minimum atomic E-state index is -0.742. The molecule has 0 radical (unpaired) electrons. The number of hydrogen-bond acceptors (Lipinski definition) is 2. The van der Waals surface area contributed by atoms with E-state index in [1.54, 1.807) is 0 Å². The second-order valence-electron chi connectivity index (χ2n) is 4.25. The van der Waals surface area contributed by atoms with E-state index < -0.39 is 12.0 Å². The molecule has 1 aliphatic heterocycles. The zero-order valence-electron chi connectivity index (χ0n) is 9.71. The molecular formula is C13H18ClNO2. The van der Waals surface area contributed by atoms with Crippen LogP contribution in [0, 0.1) is 0 Å².